The molecule has 1 N–H and O–H groups in total. The fraction of sp³-hybridized carbons (Fsp3) is 0.375. The van der Waals surface area contributed by atoms with Gasteiger partial charge in [-0.2, -0.15) is 11.3 Å². The van der Waals surface area contributed by atoms with E-state index in [1.54, 1.807) is 11.3 Å². The van der Waals surface area contributed by atoms with E-state index in [9.17, 15) is 0 Å². The number of hydrogen-bond acceptors (Lipinski definition) is 3. The quantitative estimate of drug-likeness (QED) is 0.864. The molecule has 1 saturated carbocycles. The van der Waals surface area contributed by atoms with Gasteiger partial charge in [0.1, 0.15) is 5.75 Å². The van der Waals surface area contributed by atoms with Crippen LogP contribution in [0, 0.1) is 0 Å². The summed E-state index contributed by atoms with van der Waals surface area (Å²) in [4.78, 5) is 0. The second kappa shape index (κ2) is 5.76. The molecule has 0 aliphatic heterocycles. The van der Waals surface area contributed by atoms with Crippen LogP contribution in [0.2, 0.25) is 0 Å². The van der Waals surface area contributed by atoms with Crippen molar-refractivity contribution in [3.8, 4) is 5.75 Å². The van der Waals surface area contributed by atoms with Gasteiger partial charge in [-0.1, -0.05) is 12.1 Å². The molecule has 1 aliphatic carbocycles. The van der Waals surface area contributed by atoms with E-state index >= 15 is 0 Å². The van der Waals surface area contributed by atoms with Gasteiger partial charge in [0.25, 0.3) is 0 Å². The van der Waals surface area contributed by atoms with Crippen molar-refractivity contribution >= 4 is 11.3 Å². The second-order valence-corrected chi connectivity index (χ2v) is 5.84. The first kappa shape index (κ1) is 12.7. The molecule has 1 unspecified atom stereocenters. The average Bonchev–Trinajstić information content (AvgIpc) is 3.10. The molecular weight excluding hydrogens is 254 g/mol. The number of likely N-dealkylation sites (N-methyl/N-ethyl adjacent to an activating group) is 1. The maximum absolute atomic E-state index is 5.78. The van der Waals surface area contributed by atoms with Crippen molar-refractivity contribution in [3.05, 3.63) is 52.2 Å². The van der Waals surface area contributed by atoms with Gasteiger partial charge in [-0.25, -0.2) is 0 Å². The minimum Gasteiger partial charge on any atom is -0.490 e. The Morgan fingerprint density at radius 1 is 1.26 bits per heavy atom. The largest absolute Gasteiger partial charge is 0.490 e. The summed E-state index contributed by atoms with van der Waals surface area (Å²) < 4.78 is 5.78. The highest BCUT2D eigenvalue weighted by molar-refractivity contribution is 7.07. The van der Waals surface area contributed by atoms with Crippen molar-refractivity contribution in [1.82, 2.24) is 5.32 Å². The van der Waals surface area contributed by atoms with E-state index in [1.165, 1.54) is 24.0 Å². The molecule has 1 aromatic heterocycles. The predicted molar refractivity (Wildman–Crippen MR) is 79.9 cm³/mol. The van der Waals surface area contributed by atoms with Gasteiger partial charge in [0.05, 0.1) is 6.10 Å². The molecule has 3 rings (SSSR count). The molecule has 0 amide bonds. The third-order valence-electron chi connectivity index (χ3n) is 3.48. The molecule has 100 valence electrons. The Morgan fingerprint density at radius 3 is 2.63 bits per heavy atom. The van der Waals surface area contributed by atoms with E-state index in [1.807, 2.05) is 7.05 Å². The van der Waals surface area contributed by atoms with Crippen LogP contribution in [-0.2, 0) is 6.42 Å². The lowest BCUT2D eigenvalue weighted by Crippen LogP contribution is -2.18. The average molecular weight is 273 g/mol. The van der Waals surface area contributed by atoms with Gasteiger partial charge >= 0.3 is 0 Å². The van der Waals surface area contributed by atoms with Crippen molar-refractivity contribution < 1.29 is 4.74 Å². The van der Waals surface area contributed by atoms with Gasteiger partial charge in [-0.05, 0) is 66.4 Å². The van der Waals surface area contributed by atoms with Gasteiger partial charge in [-0.15, -0.1) is 0 Å². The smallest absolute Gasteiger partial charge is 0.119 e. The van der Waals surface area contributed by atoms with Crippen molar-refractivity contribution in [2.45, 2.75) is 31.4 Å². The molecule has 2 nitrogen and oxygen atoms in total. The van der Waals surface area contributed by atoms with Crippen molar-refractivity contribution in [1.29, 1.82) is 0 Å². The number of rotatable bonds is 6. The zero-order valence-corrected chi connectivity index (χ0v) is 12.0. The van der Waals surface area contributed by atoms with Crippen LogP contribution in [0.25, 0.3) is 0 Å². The molecule has 1 aromatic carbocycles. The van der Waals surface area contributed by atoms with Gasteiger partial charge in [-0.3, -0.25) is 0 Å². The summed E-state index contributed by atoms with van der Waals surface area (Å²) in [7, 11) is 2.02. The molecule has 0 spiro atoms. The van der Waals surface area contributed by atoms with Crippen LogP contribution in [0.5, 0.6) is 5.75 Å². The predicted octanol–water partition coefficient (Wildman–Crippen LogP) is 3.79. The van der Waals surface area contributed by atoms with Crippen molar-refractivity contribution in [2.24, 2.45) is 0 Å². The van der Waals surface area contributed by atoms with Crippen LogP contribution < -0.4 is 10.1 Å². The highest BCUT2D eigenvalue weighted by Gasteiger charge is 2.23. The molecule has 1 aliphatic rings. The fourth-order valence-corrected chi connectivity index (χ4v) is 2.87. The van der Waals surface area contributed by atoms with E-state index in [0.29, 0.717) is 12.1 Å². The Labute approximate surface area is 118 Å². The van der Waals surface area contributed by atoms with Crippen molar-refractivity contribution in [2.75, 3.05) is 7.05 Å². The molecule has 0 saturated heterocycles. The van der Waals surface area contributed by atoms with Crippen LogP contribution in [0.4, 0.5) is 0 Å². The summed E-state index contributed by atoms with van der Waals surface area (Å²) in [6.07, 6.45) is 3.91. The summed E-state index contributed by atoms with van der Waals surface area (Å²) in [5.41, 5.74) is 2.71. The lowest BCUT2D eigenvalue weighted by Gasteiger charge is -2.16. The fourth-order valence-electron chi connectivity index (χ4n) is 2.19. The summed E-state index contributed by atoms with van der Waals surface area (Å²) >= 11 is 1.76. The molecule has 1 atom stereocenters. The van der Waals surface area contributed by atoms with Gasteiger partial charge in [0.15, 0.2) is 0 Å². The number of hydrogen-bond donors (Lipinski definition) is 1. The van der Waals surface area contributed by atoms with E-state index in [4.69, 9.17) is 4.74 Å². The van der Waals surface area contributed by atoms with Crippen LogP contribution in [0.15, 0.2) is 41.1 Å². The minimum absolute atomic E-state index is 0.365. The molecule has 3 heteroatoms. The molecule has 0 bridgehead atoms. The lowest BCUT2D eigenvalue weighted by atomic mass is 10.0. The highest BCUT2D eigenvalue weighted by atomic mass is 32.1. The summed E-state index contributed by atoms with van der Waals surface area (Å²) in [5, 5.41) is 7.74. The minimum atomic E-state index is 0.365. The molecule has 2 aromatic rings. The van der Waals surface area contributed by atoms with Crippen LogP contribution >= 0.6 is 11.3 Å². The zero-order chi connectivity index (χ0) is 13.1. The molecule has 19 heavy (non-hydrogen) atoms. The maximum Gasteiger partial charge on any atom is 0.119 e. The van der Waals surface area contributed by atoms with E-state index in [0.717, 1.165) is 12.2 Å². The Kier molecular flexibility index (Phi) is 3.85. The molecule has 1 fully saturated rings. The first-order chi connectivity index (χ1) is 9.35. The first-order valence-electron chi connectivity index (χ1n) is 6.80. The Balaban J connectivity index is 1.67. The number of nitrogens with one attached hydrogen (secondary N) is 1. The second-order valence-electron chi connectivity index (χ2n) is 5.06. The third kappa shape index (κ3) is 3.37. The molecular formula is C16H19NOS. The Hall–Kier alpha value is -1.32. The highest BCUT2D eigenvalue weighted by Crippen LogP contribution is 2.28. The van der Waals surface area contributed by atoms with Crippen molar-refractivity contribution in [3.63, 3.8) is 0 Å². The Morgan fingerprint density at radius 2 is 2.05 bits per heavy atom. The number of ether oxygens (including phenoxy) is 1. The van der Waals surface area contributed by atoms with E-state index in [2.05, 4.69) is 46.4 Å². The maximum atomic E-state index is 5.78. The number of benzene rings is 1. The van der Waals surface area contributed by atoms with E-state index < -0.39 is 0 Å². The van der Waals surface area contributed by atoms with Gasteiger partial charge in [0.2, 0.25) is 0 Å². The van der Waals surface area contributed by atoms with Gasteiger partial charge < -0.3 is 10.1 Å². The lowest BCUT2D eigenvalue weighted by molar-refractivity contribution is 0.303. The summed E-state index contributed by atoms with van der Waals surface area (Å²) in [6.45, 7) is 0. The summed E-state index contributed by atoms with van der Waals surface area (Å²) in [5.74, 6) is 0.997. The van der Waals surface area contributed by atoms with E-state index in [-0.39, 0.29) is 0 Å². The SMILES string of the molecule is CNC(Cc1ccsc1)c1ccc(OC2CC2)cc1. The van der Waals surface area contributed by atoms with Crippen LogP contribution in [0.1, 0.15) is 30.0 Å². The van der Waals surface area contributed by atoms with Crippen LogP contribution in [-0.4, -0.2) is 13.2 Å². The topological polar surface area (TPSA) is 21.3 Å². The zero-order valence-electron chi connectivity index (χ0n) is 11.1. The standard InChI is InChI=1S/C16H19NOS/c1-17-16(10-12-8-9-19-11-12)13-2-4-14(5-3-13)18-15-6-7-15/h2-5,8-9,11,15-17H,6-7,10H2,1H3. The first-order valence-corrected chi connectivity index (χ1v) is 7.74. The monoisotopic (exact) mass is 273 g/mol. The number of thiophene rings is 1. The normalized spacial score (nSPS) is 16.3. The Bertz CT molecular complexity index is 502. The van der Waals surface area contributed by atoms with Gasteiger partial charge in [0, 0.05) is 6.04 Å². The molecule has 1 heterocycles. The van der Waals surface area contributed by atoms with Crippen LogP contribution in [0.3, 0.4) is 0 Å². The molecule has 0 radical (unpaired) electrons. The third-order valence-corrected chi connectivity index (χ3v) is 4.21. The summed E-state index contributed by atoms with van der Waals surface area (Å²) in [6, 6.07) is 11.1.